The van der Waals surface area contributed by atoms with Gasteiger partial charge in [-0.3, -0.25) is 0 Å². The number of carbonyl (C=O) groups excluding carboxylic acids is 1. The summed E-state index contributed by atoms with van der Waals surface area (Å²) in [5.41, 5.74) is 8.11. The number of urea groups is 1. The highest BCUT2D eigenvalue weighted by atomic mass is 16.2. The van der Waals surface area contributed by atoms with Crippen molar-refractivity contribution < 1.29 is 4.79 Å². The molecule has 1 unspecified atom stereocenters. The SMILES string of the molecule is CC(N)c1cccc(NC(=O)NCC2(C3CC3)CC2)c1. The molecular formula is C16H23N3O. The summed E-state index contributed by atoms with van der Waals surface area (Å²) in [5.74, 6) is 0.865. The van der Waals surface area contributed by atoms with Gasteiger partial charge in [0, 0.05) is 18.3 Å². The summed E-state index contributed by atoms with van der Waals surface area (Å²) < 4.78 is 0. The van der Waals surface area contributed by atoms with Gasteiger partial charge in [-0.1, -0.05) is 12.1 Å². The highest BCUT2D eigenvalue weighted by Gasteiger charge is 2.53. The Morgan fingerprint density at radius 3 is 2.80 bits per heavy atom. The molecule has 4 nitrogen and oxygen atoms in total. The molecule has 108 valence electrons. The summed E-state index contributed by atoms with van der Waals surface area (Å²) >= 11 is 0. The Bertz CT molecular complexity index is 504. The number of hydrogen-bond acceptors (Lipinski definition) is 2. The van der Waals surface area contributed by atoms with E-state index in [9.17, 15) is 4.79 Å². The van der Waals surface area contributed by atoms with Crippen molar-refractivity contribution in [3.63, 3.8) is 0 Å². The molecule has 3 rings (SSSR count). The van der Waals surface area contributed by atoms with E-state index in [0.717, 1.165) is 23.7 Å². The quantitative estimate of drug-likeness (QED) is 0.772. The smallest absolute Gasteiger partial charge is 0.319 e. The van der Waals surface area contributed by atoms with Crippen molar-refractivity contribution in [1.29, 1.82) is 0 Å². The van der Waals surface area contributed by atoms with Crippen LogP contribution < -0.4 is 16.4 Å². The lowest BCUT2D eigenvalue weighted by atomic mass is 10.0. The third kappa shape index (κ3) is 2.96. The summed E-state index contributed by atoms with van der Waals surface area (Å²) in [6.45, 7) is 2.75. The van der Waals surface area contributed by atoms with Crippen LogP contribution in [0.25, 0.3) is 0 Å². The number of hydrogen-bond donors (Lipinski definition) is 3. The second-order valence-electron chi connectivity index (χ2n) is 6.36. The molecule has 0 aliphatic heterocycles. The monoisotopic (exact) mass is 273 g/mol. The van der Waals surface area contributed by atoms with Crippen LogP contribution in [0.5, 0.6) is 0 Å². The summed E-state index contributed by atoms with van der Waals surface area (Å²) in [7, 11) is 0. The van der Waals surface area contributed by atoms with Crippen LogP contribution in [0.15, 0.2) is 24.3 Å². The van der Waals surface area contributed by atoms with E-state index >= 15 is 0 Å². The topological polar surface area (TPSA) is 67.1 Å². The van der Waals surface area contributed by atoms with E-state index in [1.165, 1.54) is 25.7 Å². The number of carbonyl (C=O) groups is 1. The minimum Gasteiger partial charge on any atom is -0.337 e. The van der Waals surface area contributed by atoms with Gasteiger partial charge in [-0.15, -0.1) is 0 Å². The Kier molecular flexibility index (Phi) is 3.42. The van der Waals surface area contributed by atoms with Gasteiger partial charge in [0.1, 0.15) is 0 Å². The Hall–Kier alpha value is -1.55. The molecule has 1 atom stereocenters. The van der Waals surface area contributed by atoms with Crippen molar-refractivity contribution in [3.8, 4) is 0 Å². The lowest BCUT2D eigenvalue weighted by molar-refractivity contribution is 0.248. The Labute approximate surface area is 120 Å². The highest BCUT2D eigenvalue weighted by Crippen LogP contribution is 2.60. The van der Waals surface area contributed by atoms with Crippen molar-refractivity contribution in [3.05, 3.63) is 29.8 Å². The van der Waals surface area contributed by atoms with Crippen molar-refractivity contribution >= 4 is 11.7 Å². The van der Waals surface area contributed by atoms with Crippen LogP contribution >= 0.6 is 0 Å². The molecule has 1 aromatic rings. The largest absolute Gasteiger partial charge is 0.337 e. The third-order valence-electron chi connectivity index (χ3n) is 4.61. The predicted octanol–water partition coefficient (Wildman–Crippen LogP) is 3.02. The van der Waals surface area contributed by atoms with E-state index in [0.29, 0.717) is 5.41 Å². The second-order valence-corrected chi connectivity index (χ2v) is 6.36. The number of nitrogens with two attached hydrogens (primary N) is 1. The van der Waals surface area contributed by atoms with E-state index in [-0.39, 0.29) is 12.1 Å². The van der Waals surface area contributed by atoms with Crippen molar-refractivity contribution in [1.82, 2.24) is 5.32 Å². The molecule has 1 aromatic carbocycles. The predicted molar refractivity (Wildman–Crippen MR) is 80.5 cm³/mol. The molecule has 2 fully saturated rings. The fraction of sp³-hybridized carbons (Fsp3) is 0.562. The first-order valence-electron chi connectivity index (χ1n) is 7.49. The number of benzene rings is 1. The van der Waals surface area contributed by atoms with Gasteiger partial charge in [-0.25, -0.2) is 4.79 Å². The lowest BCUT2D eigenvalue weighted by Crippen LogP contribution is -2.34. The van der Waals surface area contributed by atoms with E-state index < -0.39 is 0 Å². The first-order valence-corrected chi connectivity index (χ1v) is 7.49. The van der Waals surface area contributed by atoms with Crippen LogP contribution in [0.2, 0.25) is 0 Å². The first-order chi connectivity index (χ1) is 9.59. The fourth-order valence-corrected chi connectivity index (χ4v) is 2.92. The minimum atomic E-state index is -0.112. The van der Waals surface area contributed by atoms with E-state index in [1.54, 1.807) is 0 Å². The van der Waals surface area contributed by atoms with Gasteiger partial charge in [-0.2, -0.15) is 0 Å². The van der Waals surface area contributed by atoms with Gasteiger partial charge in [0.25, 0.3) is 0 Å². The van der Waals surface area contributed by atoms with Crippen LogP contribution in [-0.2, 0) is 0 Å². The Morgan fingerprint density at radius 1 is 1.45 bits per heavy atom. The van der Waals surface area contributed by atoms with Crippen LogP contribution in [0.3, 0.4) is 0 Å². The van der Waals surface area contributed by atoms with Gasteiger partial charge in [-0.05, 0) is 61.6 Å². The average Bonchev–Trinajstić information content (AvgIpc) is 3.27. The standard InChI is InChI=1S/C16H23N3O/c1-11(17)12-3-2-4-14(9-12)19-15(20)18-10-16(7-8-16)13-5-6-13/h2-4,9,11,13H,5-8,10,17H2,1H3,(H2,18,19,20). The summed E-state index contributed by atoms with van der Waals surface area (Å²) in [5, 5.41) is 5.91. The number of amides is 2. The second kappa shape index (κ2) is 5.09. The molecule has 0 bridgehead atoms. The van der Waals surface area contributed by atoms with Gasteiger partial charge in [0.15, 0.2) is 0 Å². The normalized spacial score (nSPS) is 21.1. The number of rotatable bonds is 5. The molecule has 0 radical (unpaired) electrons. The number of nitrogens with one attached hydrogen (secondary N) is 2. The summed E-state index contributed by atoms with van der Waals surface area (Å²) in [4.78, 5) is 12.0. The Balaban J connectivity index is 1.52. The molecule has 2 saturated carbocycles. The molecule has 0 heterocycles. The zero-order valence-corrected chi connectivity index (χ0v) is 12.0. The maximum Gasteiger partial charge on any atom is 0.319 e. The van der Waals surface area contributed by atoms with Gasteiger partial charge >= 0.3 is 6.03 Å². The Morgan fingerprint density at radius 2 is 2.20 bits per heavy atom. The minimum absolute atomic E-state index is 0.0237. The lowest BCUT2D eigenvalue weighted by Gasteiger charge is -2.16. The molecular weight excluding hydrogens is 250 g/mol. The van der Waals surface area contributed by atoms with Crippen LogP contribution in [0.1, 0.15) is 44.2 Å². The molecule has 20 heavy (non-hydrogen) atoms. The van der Waals surface area contributed by atoms with Gasteiger partial charge < -0.3 is 16.4 Å². The van der Waals surface area contributed by atoms with Crippen LogP contribution in [0.4, 0.5) is 10.5 Å². The molecule has 0 spiro atoms. The van der Waals surface area contributed by atoms with Gasteiger partial charge in [0.2, 0.25) is 0 Å². The zero-order valence-electron chi connectivity index (χ0n) is 12.0. The highest BCUT2D eigenvalue weighted by molar-refractivity contribution is 5.89. The summed E-state index contributed by atoms with van der Waals surface area (Å²) in [6.07, 6.45) is 5.25. The van der Waals surface area contributed by atoms with Crippen molar-refractivity contribution in [2.75, 3.05) is 11.9 Å². The first kappa shape index (κ1) is 13.4. The molecule has 2 aliphatic carbocycles. The zero-order chi connectivity index (χ0) is 14.2. The molecule has 0 aromatic heterocycles. The van der Waals surface area contributed by atoms with Gasteiger partial charge in [0.05, 0.1) is 0 Å². The molecule has 4 heteroatoms. The van der Waals surface area contributed by atoms with E-state index in [4.69, 9.17) is 5.73 Å². The molecule has 0 saturated heterocycles. The summed E-state index contributed by atoms with van der Waals surface area (Å²) in [6, 6.07) is 7.57. The molecule has 2 amide bonds. The maximum absolute atomic E-state index is 12.0. The molecule has 4 N–H and O–H groups in total. The number of anilines is 1. The van der Waals surface area contributed by atoms with Crippen molar-refractivity contribution in [2.45, 2.75) is 38.6 Å². The third-order valence-corrected chi connectivity index (χ3v) is 4.61. The van der Waals surface area contributed by atoms with Crippen molar-refractivity contribution in [2.24, 2.45) is 17.1 Å². The average molecular weight is 273 g/mol. The van der Waals surface area contributed by atoms with E-state index in [1.807, 2.05) is 31.2 Å². The molecule has 2 aliphatic rings. The van der Waals surface area contributed by atoms with Crippen LogP contribution in [-0.4, -0.2) is 12.6 Å². The van der Waals surface area contributed by atoms with E-state index in [2.05, 4.69) is 10.6 Å². The maximum atomic E-state index is 12.0. The fourth-order valence-electron chi connectivity index (χ4n) is 2.92. The van der Waals surface area contributed by atoms with Crippen LogP contribution in [0, 0.1) is 11.3 Å².